The van der Waals surface area contributed by atoms with Gasteiger partial charge in [-0.25, -0.2) is 0 Å². The molecule has 14 heavy (non-hydrogen) atoms. The van der Waals surface area contributed by atoms with Crippen molar-refractivity contribution >= 4 is 28.8 Å². The van der Waals surface area contributed by atoms with E-state index in [1.54, 1.807) is 23.3 Å². The van der Waals surface area contributed by atoms with Crippen molar-refractivity contribution < 1.29 is 4.79 Å². The molecule has 0 aliphatic carbocycles. The van der Waals surface area contributed by atoms with Gasteiger partial charge in [0.15, 0.2) is 0 Å². The maximum absolute atomic E-state index is 11.9. The summed E-state index contributed by atoms with van der Waals surface area (Å²) in [6.45, 7) is 3.88. The van der Waals surface area contributed by atoms with Crippen LogP contribution in [0, 0.1) is 6.92 Å². The molecule has 1 atom stereocenters. The van der Waals surface area contributed by atoms with Crippen molar-refractivity contribution in [1.82, 2.24) is 4.90 Å². The zero-order chi connectivity index (χ0) is 10.7. The average molecular weight is 232 g/mol. The third kappa shape index (κ3) is 2.28. The molecule has 0 aliphatic rings. The summed E-state index contributed by atoms with van der Waals surface area (Å²) in [5.41, 5.74) is 1.82. The molecule has 0 saturated carbocycles. The second-order valence-electron chi connectivity index (χ2n) is 3.39. The zero-order valence-corrected chi connectivity index (χ0v) is 10.2. The molecule has 0 aliphatic heterocycles. The van der Waals surface area contributed by atoms with Crippen LogP contribution in [0.3, 0.4) is 0 Å². The summed E-state index contributed by atoms with van der Waals surface area (Å²) in [5.74, 6) is 0.516. The Morgan fingerprint density at radius 1 is 1.64 bits per heavy atom. The Morgan fingerprint density at radius 3 is 2.71 bits per heavy atom. The number of hydrogen-bond donors (Lipinski definition) is 0. The van der Waals surface area contributed by atoms with Gasteiger partial charge in [0, 0.05) is 24.3 Å². The predicted molar refractivity (Wildman–Crippen MR) is 61.3 cm³/mol. The lowest BCUT2D eigenvalue weighted by Crippen LogP contribution is -2.36. The molecular weight excluding hydrogens is 218 g/mol. The number of thiophene rings is 1. The van der Waals surface area contributed by atoms with Crippen LogP contribution in [0.15, 0.2) is 10.8 Å². The standard InChI is InChI=1S/C10H14ClNOS/c1-7-5-14-6-9(7)10(13)12(3)8(2)4-11/h5-6,8H,4H2,1-3H3. The van der Waals surface area contributed by atoms with Crippen molar-refractivity contribution in [1.29, 1.82) is 0 Å². The Kier molecular flexibility index (Phi) is 3.96. The van der Waals surface area contributed by atoms with Crippen LogP contribution in [-0.2, 0) is 0 Å². The maximum Gasteiger partial charge on any atom is 0.254 e. The van der Waals surface area contributed by atoms with Crippen LogP contribution in [0.4, 0.5) is 0 Å². The number of aryl methyl sites for hydroxylation is 1. The molecule has 1 heterocycles. The number of rotatable bonds is 3. The van der Waals surface area contributed by atoms with Crippen LogP contribution >= 0.6 is 22.9 Å². The second kappa shape index (κ2) is 4.80. The van der Waals surface area contributed by atoms with E-state index in [1.807, 2.05) is 24.6 Å². The first kappa shape index (κ1) is 11.5. The van der Waals surface area contributed by atoms with Gasteiger partial charge in [-0.3, -0.25) is 4.79 Å². The second-order valence-corrected chi connectivity index (χ2v) is 4.44. The highest BCUT2D eigenvalue weighted by atomic mass is 35.5. The van der Waals surface area contributed by atoms with Gasteiger partial charge in [0.25, 0.3) is 5.91 Å². The third-order valence-electron chi connectivity index (χ3n) is 2.29. The summed E-state index contributed by atoms with van der Waals surface area (Å²) >= 11 is 7.25. The molecule has 1 amide bonds. The molecule has 1 aromatic heterocycles. The minimum atomic E-state index is 0.0527. The number of carbonyl (C=O) groups excluding carboxylic acids is 1. The predicted octanol–water partition coefficient (Wildman–Crippen LogP) is 2.76. The van der Waals surface area contributed by atoms with Gasteiger partial charge < -0.3 is 4.90 Å². The van der Waals surface area contributed by atoms with Crippen molar-refractivity contribution in [2.75, 3.05) is 12.9 Å². The van der Waals surface area contributed by atoms with E-state index in [2.05, 4.69) is 0 Å². The fraction of sp³-hybridized carbons (Fsp3) is 0.500. The Hall–Kier alpha value is -0.540. The summed E-state index contributed by atoms with van der Waals surface area (Å²) in [4.78, 5) is 13.6. The molecule has 0 fully saturated rings. The summed E-state index contributed by atoms with van der Waals surface area (Å²) in [7, 11) is 1.78. The van der Waals surface area contributed by atoms with E-state index < -0.39 is 0 Å². The van der Waals surface area contributed by atoms with Crippen LogP contribution < -0.4 is 0 Å². The van der Waals surface area contributed by atoms with Crippen LogP contribution in [0.25, 0.3) is 0 Å². The van der Waals surface area contributed by atoms with Crippen molar-refractivity contribution in [3.8, 4) is 0 Å². The molecule has 0 bridgehead atoms. The van der Waals surface area contributed by atoms with Gasteiger partial charge in [-0.2, -0.15) is 11.3 Å². The Morgan fingerprint density at radius 2 is 2.29 bits per heavy atom. The van der Waals surface area contributed by atoms with Crippen LogP contribution in [-0.4, -0.2) is 29.8 Å². The van der Waals surface area contributed by atoms with Crippen molar-refractivity contribution in [2.24, 2.45) is 0 Å². The number of amides is 1. The molecule has 1 unspecified atom stereocenters. The highest BCUT2D eigenvalue weighted by Crippen LogP contribution is 2.16. The maximum atomic E-state index is 11.9. The number of nitrogens with zero attached hydrogens (tertiary/aromatic N) is 1. The van der Waals surface area contributed by atoms with E-state index in [9.17, 15) is 4.79 Å². The molecule has 1 aromatic rings. The highest BCUT2D eigenvalue weighted by molar-refractivity contribution is 7.08. The highest BCUT2D eigenvalue weighted by Gasteiger charge is 2.18. The van der Waals surface area contributed by atoms with E-state index in [0.717, 1.165) is 11.1 Å². The molecule has 2 nitrogen and oxygen atoms in total. The molecule has 0 radical (unpaired) electrons. The van der Waals surface area contributed by atoms with Crippen LogP contribution in [0.1, 0.15) is 22.8 Å². The van der Waals surface area contributed by atoms with Crippen LogP contribution in [0.2, 0.25) is 0 Å². The molecule has 0 aromatic carbocycles. The van der Waals surface area contributed by atoms with Crippen molar-refractivity contribution in [3.05, 3.63) is 21.9 Å². The van der Waals surface area contributed by atoms with Gasteiger partial charge in [0.1, 0.15) is 0 Å². The number of carbonyl (C=O) groups is 1. The molecular formula is C10H14ClNOS. The molecule has 0 spiro atoms. The normalized spacial score (nSPS) is 12.6. The largest absolute Gasteiger partial charge is 0.338 e. The molecule has 1 rings (SSSR count). The topological polar surface area (TPSA) is 20.3 Å². The SMILES string of the molecule is Cc1cscc1C(=O)N(C)C(C)CCl. The fourth-order valence-electron chi connectivity index (χ4n) is 1.07. The van der Waals surface area contributed by atoms with Gasteiger partial charge in [-0.15, -0.1) is 11.6 Å². The summed E-state index contributed by atoms with van der Waals surface area (Å²) in [5, 5.41) is 3.86. The third-order valence-corrected chi connectivity index (χ3v) is 3.60. The minimum absolute atomic E-state index is 0.0527. The quantitative estimate of drug-likeness (QED) is 0.733. The first-order valence-electron chi connectivity index (χ1n) is 4.43. The fourth-order valence-corrected chi connectivity index (χ4v) is 2.10. The lowest BCUT2D eigenvalue weighted by molar-refractivity contribution is 0.0756. The minimum Gasteiger partial charge on any atom is -0.338 e. The van der Waals surface area contributed by atoms with Gasteiger partial charge in [0.2, 0.25) is 0 Å². The number of halogens is 1. The van der Waals surface area contributed by atoms with Crippen molar-refractivity contribution in [3.63, 3.8) is 0 Å². The van der Waals surface area contributed by atoms with E-state index in [1.165, 1.54) is 0 Å². The van der Waals surface area contributed by atoms with E-state index in [0.29, 0.717) is 5.88 Å². The van der Waals surface area contributed by atoms with Gasteiger partial charge in [0.05, 0.1) is 5.56 Å². The molecule has 78 valence electrons. The van der Waals surface area contributed by atoms with Gasteiger partial charge >= 0.3 is 0 Å². The smallest absolute Gasteiger partial charge is 0.254 e. The molecule has 0 saturated heterocycles. The van der Waals surface area contributed by atoms with E-state index in [-0.39, 0.29) is 11.9 Å². The van der Waals surface area contributed by atoms with Gasteiger partial charge in [-0.05, 0) is 24.8 Å². The summed E-state index contributed by atoms with van der Waals surface area (Å²) in [6.07, 6.45) is 0. The first-order valence-corrected chi connectivity index (χ1v) is 5.91. The Labute approximate surface area is 93.5 Å². The van der Waals surface area contributed by atoms with E-state index in [4.69, 9.17) is 11.6 Å². The number of alkyl halides is 1. The first-order chi connectivity index (χ1) is 6.57. The van der Waals surface area contributed by atoms with Gasteiger partial charge in [-0.1, -0.05) is 0 Å². The zero-order valence-electron chi connectivity index (χ0n) is 8.58. The monoisotopic (exact) mass is 231 g/mol. The molecule has 0 N–H and O–H groups in total. The summed E-state index contributed by atoms with van der Waals surface area (Å²) < 4.78 is 0. The van der Waals surface area contributed by atoms with Crippen LogP contribution in [0.5, 0.6) is 0 Å². The summed E-state index contributed by atoms with van der Waals surface area (Å²) in [6, 6.07) is 0.0727. The lowest BCUT2D eigenvalue weighted by atomic mass is 10.2. The van der Waals surface area contributed by atoms with Crippen molar-refractivity contribution in [2.45, 2.75) is 19.9 Å². The molecule has 4 heteroatoms. The number of hydrogen-bond acceptors (Lipinski definition) is 2. The Bertz CT molecular complexity index is 324. The Balaban J connectivity index is 2.81. The van der Waals surface area contributed by atoms with E-state index >= 15 is 0 Å². The lowest BCUT2D eigenvalue weighted by Gasteiger charge is -2.22. The average Bonchev–Trinajstić information content (AvgIpc) is 2.61.